The zero-order valence-corrected chi connectivity index (χ0v) is 19.1. The van der Waals surface area contributed by atoms with Gasteiger partial charge >= 0.3 is 0 Å². The number of carbonyl (C=O) groups excluding carboxylic acids is 1. The number of anilines is 1. The van der Waals surface area contributed by atoms with Gasteiger partial charge in [0.2, 0.25) is 11.7 Å². The van der Waals surface area contributed by atoms with E-state index in [1.165, 1.54) is 0 Å². The van der Waals surface area contributed by atoms with Crippen LogP contribution >= 0.6 is 0 Å². The van der Waals surface area contributed by atoms with Gasteiger partial charge in [-0.15, -0.1) is 0 Å². The highest BCUT2D eigenvalue weighted by Gasteiger charge is 2.22. The van der Waals surface area contributed by atoms with Gasteiger partial charge in [-0.3, -0.25) is 9.78 Å². The molecule has 0 aliphatic carbocycles. The topological polar surface area (TPSA) is 113 Å². The molecule has 2 aliphatic heterocycles. The van der Waals surface area contributed by atoms with Crippen molar-refractivity contribution in [3.63, 3.8) is 0 Å². The number of nitrogens with zero attached hydrogens (tertiary/aromatic N) is 8. The largest absolute Gasteiger partial charge is 0.378 e. The fourth-order valence-corrected chi connectivity index (χ4v) is 4.23. The molecule has 35 heavy (non-hydrogen) atoms. The summed E-state index contributed by atoms with van der Waals surface area (Å²) < 4.78 is 14.4. The van der Waals surface area contributed by atoms with Gasteiger partial charge in [0.05, 0.1) is 45.0 Å². The second kappa shape index (κ2) is 9.35. The minimum Gasteiger partial charge on any atom is -0.378 e. The third kappa shape index (κ3) is 4.31. The van der Waals surface area contributed by atoms with Crippen LogP contribution in [0.2, 0.25) is 0 Å². The fraction of sp³-hybridized carbons (Fsp3) is 0.333. The first kappa shape index (κ1) is 21.6. The van der Waals surface area contributed by atoms with E-state index in [-0.39, 0.29) is 12.3 Å². The Morgan fingerprint density at radius 1 is 1.03 bits per heavy atom. The van der Waals surface area contributed by atoms with Crippen molar-refractivity contribution in [2.45, 2.75) is 13.0 Å². The number of imidazole rings is 1. The van der Waals surface area contributed by atoms with Crippen LogP contribution in [0.4, 0.5) is 5.95 Å². The number of morpholine rings is 1. The number of pyridine rings is 1. The first-order valence-electron chi connectivity index (χ1n) is 11.6. The van der Waals surface area contributed by atoms with Crippen molar-refractivity contribution in [1.82, 2.24) is 34.3 Å². The van der Waals surface area contributed by atoms with Crippen LogP contribution in [-0.4, -0.2) is 79.6 Å². The summed E-state index contributed by atoms with van der Waals surface area (Å²) in [7, 11) is 0. The molecule has 0 bridgehead atoms. The highest BCUT2D eigenvalue weighted by atomic mass is 16.5. The quantitative estimate of drug-likeness (QED) is 0.388. The lowest BCUT2D eigenvalue weighted by Crippen LogP contribution is -2.37. The van der Waals surface area contributed by atoms with Crippen LogP contribution in [-0.2, 0) is 16.0 Å². The first-order chi connectivity index (χ1) is 17.3. The lowest BCUT2D eigenvalue weighted by molar-refractivity contribution is 0.0968. The molecule has 1 saturated heterocycles. The van der Waals surface area contributed by atoms with Crippen LogP contribution in [0, 0.1) is 0 Å². The summed E-state index contributed by atoms with van der Waals surface area (Å²) in [5.41, 5.74) is 3.59. The maximum absolute atomic E-state index is 12.9. The Kier molecular flexibility index (Phi) is 5.76. The monoisotopic (exact) mass is 472 g/mol. The SMILES string of the molecule is O=C(Cn1cnc2c(-n3ccc(C4=CCOCC4)n3)nc(N3CCOCC3)nc21)c1ccccn1. The minimum absolute atomic E-state index is 0.0732. The molecular formula is C24H24N8O3. The molecule has 0 N–H and O–H groups in total. The van der Waals surface area contributed by atoms with Crippen LogP contribution in [0.3, 0.4) is 0 Å². The molecule has 11 nitrogen and oxygen atoms in total. The first-order valence-corrected chi connectivity index (χ1v) is 11.6. The summed E-state index contributed by atoms with van der Waals surface area (Å²) in [6.45, 7) is 3.94. The van der Waals surface area contributed by atoms with Crippen molar-refractivity contribution >= 4 is 28.5 Å². The van der Waals surface area contributed by atoms with Crippen molar-refractivity contribution in [3.8, 4) is 5.82 Å². The third-order valence-electron chi connectivity index (χ3n) is 6.09. The summed E-state index contributed by atoms with van der Waals surface area (Å²) in [4.78, 5) is 33.3. The van der Waals surface area contributed by atoms with Crippen molar-refractivity contribution < 1.29 is 14.3 Å². The predicted molar refractivity (Wildman–Crippen MR) is 127 cm³/mol. The lowest BCUT2D eigenvalue weighted by atomic mass is 10.1. The summed E-state index contributed by atoms with van der Waals surface area (Å²) in [5.74, 6) is 1.01. The van der Waals surface area contributed by atoms with E-state index in [4.69, 9.17) is 24.5 Å². The number of aromatic nitrogens is 7. The Morgan fingerprint density at radius 3 is 2.74 bits per heavy atom. The molecule has 11 heteroatoms. The number of Topliss-reactive ketones (excluding diaryl/α,β-unsaturated/α-hetero) is 1. The molecular weight excluding hydrogens is 448 g/mol. The number of rotatable bonds is 6. The molecule has 4 aromatic rings. The van der Waals surface area contributed by atoms with Gasteiger partial charge in [-0.25, -0.2) is 9.67 Å². The Labute approximate surface area is 201 Å². The minimum atomic E-state index is -0.120. The number of hydrogen-bond donors (Lipinski definition) is 0. The second-order valence-corrected chi connectivity index (χ2v) is 8.33. The maximum Gasteiger partial charge on any atom is 0.229 e. The summed E-state index contributed by atoms with van der Waals surface area (Å²) in [5, 5.41) is 4.79. The smallest absolute Gasteiger partial charge is 0.229 e. The second-order valence-electron chi connectivity index (χ2n) is 8.33. The van der Waals surface area contributed by atoms with Crippen molar-refractivity contribution in [3.05, 3.63) is 60.5 Å². The van der Waals surface area contributed by atoms with Crippen molar-refractivity contribution in [2.75, 3.05) is 44.4 Å². The van der Waals surface area contributed by atoms with Crippen LogP contribution in [0.25, 0.3) is 22.6 Å². The van der Waals surface area contributed by atoms with Gasteiger partial charge in [0, 0.05) is 25.5 Å². The molecule has 1 fully saturated rings. The number of ketones is 1. The highest BCUT2D eigenvalue weighted by Crippen LogP contribution is 2.25. The van der Waals surface area contributed by atoms with Gasteiger partial charge in [-0.05, 0) is 30.2 Å². The number of ether oxygens (including phenoxy) is 2. The van der Waals surface area contributed by atoms with Gasteiger partial charge in [0.15, 0.2) is 17.0 Å². The predicted octanol–water partition coefficient (Wildman–Crippen LogP) is 1.93. The summed E-state index contributed by atoms with van der Waals surface area (Å²) in [6.07, 6.45) is 7.99. The van der Waals surface area contributed by atoms with Gasteiger partial charge in [0.1, 0.15) is 5.69 Å². The molecule has 0 radical (unpaired) electrons. The standard InChI is InChI=1S/C24H24N8O3/c33-20(19-3-1-2-7-25-19)15-31-16-26-21-22(31)27-24(30-9-13-35-14-10-30)28-23(21)32-8-4-18(29-32)17-5-11-34-12-6-17/h1-5,7-8,16H,6,9-15H2. The van der Waals surface area contributed by atoms with Crippen molar-refractivity contribution in [1.29, 1.82) is 0 Å². The summed E-state index contributed by atoms with van der Waals surface area (Å²) in [6, 6.07) is 7.26. The molecule has 6 rings (SSSR count). The van der Waals surface area contributed by atoms with Crippen LogP contribution < -0.4 is 4.90 Å². The average molecular weight is 473 g/mol. The molecule has 178 valence electrons. The molecule has 4 aromatic heterocycles. The van der Waals surface area contributed by atoms with E-state index >= 15 is 0 Å². The van der Waals surface area contributed by atoms with Crippen molar-refractivity contribution in [2.24, 2.45) is 0 Å². The van der Waals surface area contributed by atoms with Gasteiger partial charge in [-0.2, -0.15) is 15.1 Å². The lowest BCUT2D eigenvalue weighted by Gasteiger charge is -2.27. The van der Waals surface area contributed by atoms with E-state index in [0.717, 1.165) is 17.7 Å². The fourth-order valence-electron chi connectivity index (χ4n) is 4.23. The molecule has 0 atom stereocenters. The molecule has 0 spiro atoms. The third-order valence-corrected chi connectivity index (χ3v) is 6.09. The Bertz CT molecular complexity index is 1390. The van der Waals surface area contributed by atoms with E-state index in [0.29, 0.717) is 68.1 Å². The van der Waals surface area contributed by atoms with Gasteiger partial charge in [-0.1, -0.05) is 12.1 Å². The van der Waals surface area contributed by atoms with E-state index < -0.39 is 0 Å². The maximum atomic E-state index is 12.9. The van der Waals surface area contributed by atoms with E-state index in [9.17, 15) is 4.79 Å². The molecule has 0 aromatic carbocycles. The molecule has 0 saturated carbocycles. The Hall–Kier alpha value is -3.96. The number of carbonyl (C=O) groups is 1. The number of hydrogen-bond acceptors (Lipinski definition) is 9. The van der Waals surface area contributed by atoms with E-state index in [1.807, 2.05) is 12.3 Å². The molecule has 2 aliphatic rings. The van der Waals surface area contributed by atoms with E-state index in [1.54, 1.807) is 40.0 Å². The molecule has 0 unspecified atom stereocenters. The normalized spacial score (nSPS) is 16.5. The van der Waals surface area contributed by atoms with Crippen LogP contribution in [0.15, 0.2) is 49.1 Å². The summed E-state index contributed by atoms with van der Waals surface area (Å²) >= 11 is 0. The highest BCUT2D eigenvalue weighted by molar-refractivity contribution is 5.95. The molecule has 6 heterocycles. The van der Waals surface area contributed by atoms with Gasteiger partial charge in [0.25, 0.3) is 0 Å². The van der Waals surface area contributed by atoms with E-state index in [2.05, 4.69) is 20.9 Å². The zero-order chi connectivity index (χ0) is 23.6. The Morgan fingerprint density at radius 2 is 1.94 bits per heavy atom. The zero-order valence-electron chi connectivity index (χ0n) is 19.1. The van der Waals surface area contributed by atoms with Crippen LogP contribution in [0.1, 0.15) is 22.6 Å². The average Bonchev–Trinajstić information content (AvgIpc) is 3.58. The van der Waals surface area contributed by atoms with Gasteiger partial charge < -0.3 is 18.9 Å². The Balaban J connectivity index is 1.42. The molecule has 0 amide bonds. The number of fused-ring (bicyclic) bond motifs is 1. The van der Waals surface area contributed by atoms with Crippen LogP contribution in [0.5, 0.6) is 0 Å².